The van der Waals surface area contributed by atoms with E-state index >= 15 is 0 Å². The third kappa shape index (κ3) is 3.23. The summed E-state index contributed by atoms with van der Waals surface area (Å²) in [7, 11) is 2.14. The maximum Gasteiger partial charge on any atom is 0.234 e. The van der Waals surface area contributed by atoms with Gasteiger partial charge in [-0.1, -0.05) is 0 Å². The highest BCUT2D eigenvalue weighted by Gasteiger charge is 2.22. The lowest BCUT2D eigenvalue weighted by Crippen LogP contribution is -2.45. The second-order valence-corrected chi connectivity index (χ2v) is 6.49. The number of hydrogen-bond acceptors (Lipinski definition) is 8. The molecule has 0 N–H and O–H groups in total. The molecule has 0 atom stereocenters. The Morgan fingerprint density at radius 2 is 1.88 bits per heavy atom. The van der Waals surface area contributed by atoms with Gasteiger partial charge in [0.25, 0.3) is 0 Å². The van der Waals surface area contributed by atoms with Crippen molar-refractivity contribution in [1.82, 2.24) is 25.1 Å². The van der Waals surface area contributed by atoms with Crippen molar-refractivity contribution in [1.29, 1.82) is 5.26 Å². The van der Waals surface area contributed by atoms with Crippen LogP contribution in [0.15, 0.2) is 18.3 Å². The second-order valence-electron chi connectivity index (χ2n) is 6.49. The highest BCUT2D eigenvalue weighted by atomic mass is 15.3. The van der Waals surface area contributed by atoms with Crippen LogP contribution in [0.1, 0.15) is 17.1 Å². The largest absolute Gasteiger partial charge is 0.353 e. The van der Waals surface area contributed by atoms with Crippen LogP contribution >= 0.6 is 0 Å². The molecule has 0 spiro atoms. The number of likely N-dealkylation sites (N-methyl/N-ethyl adjacent to an activating group) is 1. The molecule has 2 aliphatic heterocycles. The van der Waals surface area contributed by atoms with E-state index in [1.54, 1.807) is 6.20 Å². The summed E-state index contributed by atoms with van der Waals surface area (Å²) in [4.78, 5) is 15.0. The normalized spacial score (nSPS) is 17.9. The number of anilines is 2. The fraction of sp³-hybridized carbons (Fsp3) is 0.471. The van der Waals surface area contributed by atoms with Crippen LogP contribution < -0.4 is 9.80 Å². The van der Waals surface area contributed by atoms with E-state index in [-0.39, 0.29) is 5.82 Å². The summed E-state index contributed by atoms with van der Waals surface area (Å²) in [6.07, 6.45) is 2.47. The molecule has 1 saturated heterocycles. The standard InChI is InChI=1S/C17H20N8/c1-23-6-8-24(9-7-23)17-10-13-12-25(5-3-14(13)21-22-17)16-2-4-19-15(11-18)20-16/h2,4,10H,3,5-9,12H2,1H3. The molecule has 0 aliphatic carbocycles. The quantitative estimate of drug-likeness (QED) is 0.782. The van der Waals surface area contributed by atoms with Gasteiger partial charge in [-0.15, -0.1) is 5.10 Å². The van der Waals surface area contributed by atoms with Crippen molar-refractivity contribution in [2.24, 2.45) is 0 Å². The van der Waals surface area contributed by atoms with E-state index in [1.165, 1.54) is 5.56 Å². The maximum atomic E-state index is 9.00. The molecule has 128 valence electrons. The van der Waals surface area contributed by atoms with Crippen molar-refractivity contribution in [3.05, 3.63) is 35.4 Å². The summed E-state index contributed by atoms with van der Waals surface area (Å²) in [6, 6.07) is 6.01. The number of aromatic nitrogens is 4. The molecule has 1 fully saturated rings. The Bertz CT molecular complexity index is 807. The Morgan fingerprint density at radius 1 is 1.04 bits per heavy atom. The van der Waals surface area contributed by atoms with Gasteiger partial charge in [0.05, 0.1) is 5.69 Å². The third-order valence-corrected chi connectivity index (χ3v) is 4.82. The van der Waals surface area contributed by atoms with Gasteiger partial charge in [-0.05, 0) is 24.7 Å². The summed E-state index contributed by atoms with van der Waals surface area (Å²) >= 11 is 0. The molecular formula is C17H20N8. The Kier molecular flexibility index (Phi) is 4.15. The van der Waals surface area contributed by atoms with Gasteiger partial charge in [0.2, 0.25) is 5.82 Å². The van der Waals surface area contributed by atoms with Crippen molar-refractivity contribution in [2.75, 3.05) is 49.6 Å². The van der Waals surface area contributed by atoms with Gasteiger partial charge in [0.15, 0.2) is 5.82 Å². The zero-order valence-corrected chi connectivity index (χ0v) is 14.3. The first-order chi connectivity index (χ1) is 12.2. The van der Waals surface area contributed by atoms with Gasteiger partial charge in [-0.25, -0.2) is 9.97 Å². The Balaban J connectivity index is 1.55. The molecule has 0 amide bonds. The van der Waals surface area contributed by atoms with Crippen LogP contribution in [-0.4, -0.2) is 64.8 Å². The fourth-order valence-corrected chi connectivity index (χ4v) is 3.28. The minimum atomic E-state index is 0.203. The smallest absolute Gasteiger partial charge is 0.234 e. The Morgan fingerprint density at radius 3 is 2.68 bits per heavy atom. The lowest BCUT2D eigenvalue weighted by molar-refractivity contribution is 0.311. The maximum absolute atomic E-state index is 9.00. The zero-order valence-electron chi connectivity index (χ0n) is 14.3. The van der Waals surface area contributed by atoms with Crippen molar-refractivity contribution < 1.29 is 0 Å². The van der Waals surface area contributed by atoms with Crippen molar-refractivity contribution in [2.45, 2.75) is 13.0 Å². The summed E-state index contributed by atoms with van der Waals surface area (Å²) in [6.45, 7) is 5.59. The van der Waals surface area contributed by atoms with E-state index in [9.17, 15) is 0 Å². The molecule has 4 heterocycles. The van der Waals surface area contributed by atoms with E-state index in [4.69, 9.17) is 5.26 Å². The van der Waals surface area contributed by atoms with Gasteiger partial charge in [-0.3, -0.25) is 0 Å². The van der Waals surface area contributed by atoms with Crippen LogP contribution in [0, 0.1) is 11.3 Å². The molecule has 25 heavy (non-hydrogen) atoms. The van der Waals surface area contributed by atoms with Crippen LogP contribution in [0.3, 0.4) is 0 Å². The van der Waals surface area contributed by atoms with Gasteiger partial charge in [-0.2, -0.15) is 10.4 Å². The van der Waals surface area contributed by atoms with E-state index in [0.29, 0.717) is 0 Å². The van der Waals surface area contributed by atoms with Crippen molar-refractivity contribution in [3.8, 4) is 6.07 Å². The summed E-state index contributed by atoms with van der Waals surface area (Å²) < 4.78 is 0. The van der Waals surface area contributed by atoms with Crippen LogP contribution in [0.25, 0.3) is 0 Å². The minimum absolute atomic E-state index is 0.203. The van der Waals surface area contributed by atoms with Crippen LogP contribution in [0.2, 0.25) is 0 Å². The minimum Gasteiger partial charge on any atom is -0.353 e. The van der Waals surface area contributed by atoms with Crippen LogP contribution in [-0.2, 0) is 13.0 Å². The molecule has 0 unspecified atom stereocenters. The number of fused-ring (bicyclic) bond motifs is 1. The number of nitriles is 1. The molecule has 4 rings (SSSR count). The number of piperazine rings is 1. The highest BCUT2D eigenvalue weighted by molar-refractivity contribution is 5.47. The summed E-state index contributed by atoms with van der Waals surface area (Å²) in [5.41, 5.74) is 2.25. The first kappa shape index (κ1) is 15.7. The molecule has 2 aromatic rings. The average molecular weight is 336 g/mol. The van der Waals surface area contributed by atoms with Gasteiger partial charge < -0.3 is 14.7 Å². The molecule has 8 nitrogen and oxygen atoms in total. The molecular weight excluding hydrogens is 316 g/mol. The average Bonchev–Trinajstić information content (AvgIpc) is 2.68. The van der Waals surface area contributed by atoms with Crippen LogP contribution in [0.4, 0.5) is 11.6 Å². The van der Waals surface area contributed by atoms with Gasteiger partial charge in [0, 0.05) is 51.9 Å². The Labute approximate surface area is 146 Å². The summed E-state index contributed by atoms with van der Waals surface area (Å²) in [5, 5.41) is 17.9. The van der Waals surface area contributed by atoms with E-state index < -0.39 is 0 Å². The molecule has 0 radical (unpaired) electrons. The number of hydrogen-bond donors (Lipinski definition) is 0. The molecule has 0 bridgehead atoms. The summed E-state index contributed by atoms with van der Waals surface area (Å²) in [5.74, 6) is 1.94. The molecule has 0 saturated carbocycles. The lowest BCUT2D eigenvalue weighted by Gasteiger charge is -2.34. The number of nitrogens with zero attached hydrogens (tertiary/aromatic N) is 8. The first-order valence-electron chi connectivity index (χ1n) is 8.50. The van der Waals surface area contributed by atoms with E-state index in [0.717, 1.165) is 63.0 Å². The molecule has 8 heteroatoms. The number of rotatable bonds is 2. The Hall–Kier alpha value is -2.79. The molecule has 2 aliphatic rings. The monoisotopic (exact) mass is 336 g/mol. The molecule has 2 aromatic heterocycles. The predicted molar refractivity (Wildman–Crippen MR) is 93.2 cm³/mol. The van der Waals surface area contributed by atoms with Crippen molar-refractivity contribution in [3.63, 3.8) is 0 Å². The predicted octanol–water partition coefficient (Wildman–Crippen LogP) is 0.453. The SMILES string of the molecule is CN1CCN(c2cc3c(nn2)CCN(c2ccnc(C#N)n2)C3)CC1. The highest BCUT2D eigenvalue weighted by Crippen LogP contribution is 2.24. The fourth-order valence-electron chi connectivity index (χ4n) is 3.28. The van der Waals surface area contributed by atoms with Gasteiger partial charge in [0.1, 0.15) is 11.9 Å². The molecule has 0 aromatic carbocycles. The van der Waals surface area contributed by atoms with Gasteiger partial charge >= 0.3 is 0 Å². The lowest BCUT2D eigenvalue weighted by atomic mass is 10.1. The second kappa shape index (κ2) is 6.61. The third-order valence-electron chi connectivity index (χ3n) is 4.82. The van der Waals surface area contributed by atoms with Crippen LogP contribution in [0.5, 0.6) is 0 Å². The first-order valence-corrected chi connectivity index (χ1v) is 8.50. The van der Waals surface area contributed by atoms with E-state index in [2.05, 4.69) is 48.0 Å². The zero-order chi connectivity index (χ0) is 17.2. The van der Waals surface area contributed by atoms with Crippen molar-refractivity contribution >= 4 is 11.6 Å². The van der Waals surface area contributed by atoms with E-state index in [1.807, 2.05) is 12.1 Å². The topological polar surface area (TPSA) is 85.1 Å².